The Bertz CT molecular complexity index is 1290. The van der Waals surface area contributed by atoms with Crippen LogP contribution in [0.15, 0.2) is 42.9 Å². The summed E-state index contributed by atoms with van der Waals surface area (Å²) in [5, 5.41) is 1.04. The Morgan fingerprint density at radius 1 is 1.07 bits per heavy atom. The molecule has 0 spiro atoms. The van der Waals surface area contributed by atoms with E-state index < -0.39 is 0 Å². The summed E-state index contributed by atoms with van der Waals surface area (Å²) in [7, 11) is 2.02. The number of hydrogen-bond acceptors (Lipinski definition) is 5. The van der Waals surface area contributed by atoms with Gasteiger partial charge in [0.2, 0.25) is 5.88 Å². The molecule has 30 heavy (non-hydrogen) atoms. The minimum absolute atomic E-state index is 0.142. The van der Waals surface area contributed by atoms with Crippen molar-refractivity contribution in [3.8, 4) is 11.6 Å². The molecular weight excluding hydrogens is 374 g/mol. The van der Waals surface area contributed by atoms with Crippen LogP contribution < -0.4 is 10.5 Å². The van der Waals surface area contributed by atoms with Gasteiger partial charge in [-0.3, -0.25) is 4.98 Å². The standard InChI is InChI=1S/C24H23N5O/c1-29-13-12-27-23(29)18-16-10-9-14-6-5-11-26-21(14)22(16)30-24-19(18)20(25)15-7-3-2-4-8-17(15)28-24/h5-6,9-13,18H,2-4,7-8H2,1H3,(H2,25,28). The predicted octanol–water partition coefficient (Wildman–Crippen LogP) is 4.50. The molecule has 150 valence electrons. The largest absolute Gasteiger partial charge is 0.436 e. The summed E-state index contributed by atoms with van der Waals surface area (Å²) in [6.07, 6.45) is 11.0. The molecule has 0 bridgehead atoms. The maximum absolute atomic E-state index is 6.84. The first-order valence-electron chi connectivity index (χ1n) is 10.6. The molecule has 1 unspecified atom stereocenters. The van der Waals surface area contributed by atoms with Crippen LogP contribution in [0.3, 0.4) is 0 Å². The van der Waals surface area contributed by atoms with Gasteiger partial charge in [0.15, 0.2) is 5.75 Å². The van der Waals surface area contributed by atoms with Crippen LogP contribution in [0.5, 0.6) is 11.6 Å². The summed E-state index contributed by atoms with van der Waals surface area (Å²) in [6.45, 7) is 0. The molecule has 3 aromatic heterocycles. The first-order valence-corrected chi connectivity index (χ1v) is 10.6. The van der Waals surface area contributed by atoms with Gasteiger partial charge in [-0.25, -0.2) is 9.97 Å². The van der Waals surface area contributed by atoms with Gasteiger partial charge in [0, 0.05) is 48.0 Å². The number of benzene rings is 1. The van der Waals surface area contributed by atoms with Gasteiger partial charge in [-0.05, 0) is 37.3 Å². The summed E-state index contributed by atoms with van der Waals surface area (Å²) in [6, 6.07) is 8.21. The number of hydrogen-bond donors (Lipinski definition) is 1. The molecule has 4 heterocycles. The molecule has 6 rings (SSSR count). The van der Waals surface area contributed by atoms with Gasteiger partial charge in [0.25, 0.3) is 0 Å². The van der Waals surface area contributed by atoms with Crippen molar-refractivity contribution in [2.75, 3.05) is 5.73 Å². The van der Waals surface area contributed by atoms with Crippen molar-refractivity contribution in [3.05, 3.63) is 71.1 Å². The number of anilines is 1. The van der Waals surface area contributed by atoms with E-state index in [1.165, 1.54) is 12.0 Å². The molecule has 6 nitrogen and oxygen atoms in total. The highest BCUT2D eigenvalue weighted by atomic mass is 16.5. The van der Waals surface area contributed by atoms with E-state index in [1.54, 1.807) is 6.20 Å². The Hall–Kier alpha value is -3.41. The summed E-state index contributed by atoms with van der Waals surface area (Å²) in [4.78, 5) is 14.3. The number of nitrogens with two attached hydrogens (primary N) is 1. The van der Waals surface area contributed by atoms with Crippen LogP contribution in [0.4, 0.5) is 5.69 Å². The molecule has 4 aromatic rings. The molecule has 0 radical (unpaired) electrons. The number of aryl methyl sites for hydroxylation is 2. The second kappa shape index (κ2) is 6.55. The fraction of sp³-hybridized carbons (Fsp3) is 0.292. The number of rotatable bonds is 1. The SMILES string of the molecule is Cn1ccnc1C1c2ccc3cccnc3c2Oc2nc3c(c(N)c21)CCCCC3. The lowest BCUT2D eigenvalue weighted by atomic mass is 9.85. The number of aromatic nitrogens is 4. The number of imidazole rings is 1. The molecule has 0 amide bonds. The van der Waals surface area contributed by atoms with Gasteiger partial charge < -0.3 is 15.0 Å². The third kappa shape index (κ3) is 2.46. The Morgan fingerprint density at radius 3 is 2.83 bits per heavy atom. The molecule has 1 aliphatic carbocycles. The van der Waals surface area contributed by atoms with E-state index in [4.69, 9.17) is 20.4 Å². The molecule has 0 saturated heterocycles. The fourth-order valence-corrected chi connectivity index (χ4v) is 4.94. The molecule has 1 aliphatic heterocycles. The van der Waals surface area contributed by atoms with E-state index in [2.05, 4.69) is 27.8 Å². The number of nitrogen functional groups attached to an aromatic ring is 1. The summed E-state index contributed by atoms with van der Waals surface area (Å²) >= 11 is 0. The molecule has 1 aromatic carbocycles. The van der Waals surface area contributed by atoms with E-state index in [9.17, 15) is 0 Å². The zero-order chi connectivity index (χ0) is 20.2. The van der Waals surface area contributed by atoms with Gasteiger partial charge in [-0.1, -0.05) is 24.6 Å². The Morgan fingerprint density at radius 2 is 1.97 bits per heavy atom. The van der Waals surface area contributed by atoms with E-state index in [-0.39, 0.29) is 5.92 Å². The highest BCUT2D eigenvalue weighted by molar-refractivity contribution is 5.88. The van der Waals surface area contributed by atoms with Crippen molar-refractivity contribution in [3.63, 3.8) is 0 Å². The Labute approximate surface area is 174 Å². The number of nitrogens with zero attached hydrogens (tertiary/aromatic N) is 4. The third-order valence-electron chi connectivity index (χ3n) is 6.44. The second-order valence-electron chi connectivity index (χ2n) is 8.22. The van der Waals surface area contributed by atoms with E-state index in [0.717, 1.165) is 70.7 Å². The maximum Gasteiger partial charge on any atom is 0.225 e. The molecule has 6 heteroatoms. The molecule has 0 saturated carbocycles. The van der Waals surface area contributed by atoms with Gasteiger partial charge in [0.1, 0.15) is 11.3 Å². The van der Waals surface area contributed by atoms with Crippen LogP contribution in [-0.4, -0.2) is 19.5 Å². The highest BCUT2D eigenvalue weighted by Gasteiger charge is 2.37. The van der Waals surface area contributed by atoms with Crippen molar-refractivity contribution in [1.29, 1.82) is 0 Å². The minimum Gasteiger partial charge on any atom is -0.436 e. The summed E-state index contributed by atoms with van der Waals surface area (Å²) < 4.78 is 8.51. The number of fused-ring (bicyclic) bond motifs is 5. The van der Waals surface area contributed by atoms with Crippen LogP contribution in [0.25, 0.3) is 10.9 Å². The zero-order valence-corrected chi connectivity index (χ0v) is 16.9. The van der Waals surface area contributed by atoms with Crippen LogP contribution in [0.1, 0.15) is 53.4 Å². The smallest absolute Gasteiger partial charge is 0.225 e. The van der Waals surface area contributed by atoms with E-state index >= 15 is 0 Å². The monoisotopic (exact) mass is 397 g/mol. The quantitative estimate of drug-likeness (QED) is 0.421. The molecular formula is C24H23N5O. The van der Waals surface area contributed by atoms with E-state index in [1.807, 2.05) is 25.5 Å². The number of pyridine rings is 2. The molecule has 0 fully saturated rings. The fourth-order valence-electron chi connectivity index (χ4n) is 4.94. The minimum atomic E-state index is -0.142. The summed E-state index contributed by atoms with van der Waals surface area (Å²) in [5.41, 5.74) is 12.7. The first-order chi connectivity index (χ1) is 14.7. The summed E-state index contributed by atoms with van der Waals surface area (Å²) in [5.74, 6) is 2.15. The maximum atomic E-state index is 6.84. The van der Waals surface area contributed by atoms with E-state index in [0.29, 0.717) is 5.88 Å². The Kier molecular flexibility index (Phi) is 3.81. The Balaban J connectivity index is 1.67. The molecule has 2 aliphatic rings. The average Bonchev–Trinajstić information content (AvgIpc) is 3.04. The predicted molar refractivity (Wildman–Crippen MR) is 116 cm³/mol. The van der Waals surface area contributed by atoms with Gasteiger partial charge >= 0.3 is 0 Å². The second-order valence-corrected chi connectivity index (χ2v) is 8.22. The highest BCUT2D eigenvalue weighted by Crippen LogP contribution is 2.51. The van der Waals surface area contributed by atoms with Crippen molar-refractivity contribution < 1.29 is 4.74 Å². The normalized spacial score (nSPS) is 17.6. The van der Waals surface area contributed by atoms with Crippen molar-refractivity contribution in [2.24, 2.45) is 7.05 Å². The van der Waals surface area contributed by atoms with Crippen LogP contribution in [-0.2, 0) is 19.9 Å². The van der Waals surface area contributed by atoms with Gasteiger partial charge in [-0.15, -0.1) is 0 Å². The molecule has 2 N–H and O–H groups in total. The number of ether oxygens (including phenoxy) is 1. The van der Waals surface area contributed by atoms with Crippen molar-refractivity contribution >= 4 is 16.6 Å². The lowest BCUT2D eigenvalue weighted by molar-refractivity contribution is 0.433. The first kappa shape index (κ1) is 17.4. The average molecular weight is 397 g/mol. The van der Waals surface area contributed by atoms with Gasteiger partial charge in [0.05, 0.1) is 11.5 Å². The van der Waals surface area contributed by atoms with Crippen molar-refractivity contribution in [1.82, 2.24) is 19.5 Å². The third-order valence-corrected chi connectivity index (χ3v) is 6.44. The van der Waals surface area contributed by atoms with Gasteiger partial charge in [-0.2, -0.15) is 0 Å². The zero-order valence-electron chi connectivity index (χ0n) is 16.9. The lowest BCUT2D eigenvalue weighted by Crippen LogP contribution is -2.20. The lowest BCUT2D eigenvalue weighted by Gasteiger charge is -2.30. The van der Waals surface area contributed by atoms with Crippen LogP contribution in [0.2, 0.25) is 0 Å². The topological polar surface area (TPSA) is 78.8 Å². The van der Waals surface area contributed by atoms with Crippen molar-refractivity contribution in [2.45, 2.75) is 38.0 Å². The van der Waals surface area contributed by atoms with Crippen LogP contribution >= 0.6 is 0 Å². The molecule has 1 atom stereocenters. The van der Waals surface area contributed by atoms with Crippen LogP contribution in [0, 0.1) is 0 Å².